The second kappa shape index (κ2) is 10.4. The van der Waals surface area contributed by atoms with Crippen molar-refractivity contribution in [2.24, 2.45) is 0 Å². The van der Waals surface area contributed by atoms with Crippen molar-refractivity contribution in [3.63, 3.8) is 0 Å². The first-order chi connectivity index (χ1) is 13.3. The van der Waals surface area contributed by atoms with Gasteiger partial charge in [-0.25, -0.2) is 4.68 Å². The minimum Gasteiger partial charge on any atom is -0.343 e. The molecule has 2 aromatic rings. The van der Waals surface area contributed by atoms with Crippen LogP contribution in [-0.2, 0) is 9.59 Å². The minimum absolute atomic E-state index is 0.0278. The number of nitrogens with two attached hydrogens (primary N) is 1. The quantitative estimate of drug-likeness (QED) is 0.472. The number of carbonyl (C=O) groups is 2. The number of hydrogen-bond acceptors (Lipinski definition) is 7. The molecule has 1 aromatic carbocycles. The maximum atomic E-state index is 12.2. The lowest BCUT2D eigenvalue weighted by Gasteiger charge is -2.17. The largest absolute Gasteiger partial charge is 0.343 e. The summed E-state index contributed by atoms with van der Waals surface area (Å²) in [5.41, 5.74) is 2.94. The van der Waals surface area contributed by atoms with E-state index in [0.29, 0.717) is 23.4 Å². The SMILES string of the molecule is CCN(CC)C(=O)CSc1nnc(SCC(=O)Nc2ccc(C)cc2C)n1N. The monoisotopic (exact) mass is 422 g/mol. The van der Waals surface area contributed by atoms with Crippen molar-refractivity contribution in [1.29, 1.82) is 0 Å². The molecular formula is C18H26N6O2S2. The Morgan fingerprint density at radius 1 is 1.11 bits per heavy atom. The van der Waals surface area contributed by atoms with Crippen LogP contribution >= 0.6 is 23.5 Å². The zero-order valence-corrected chi connectivity index (χ0v) is 18.2. The number of anilines is 1. The third-order valence-electron chi connectivity index (χ3n) is 4.06. The van der Waals surface area contributed by atoms with Crippen LogP contribution in [-0.4, -0.2) is 56.2 Å². The van der Waals surface area contributed by atoms with Gasteiger partial charge in [0.25, 0.3) is 0 Å². The summed E-state index contributed by atoms with van der Waals surface area (Å²) >= 11 is 2.43. The molecule has 0 radical (unpaired) electrons. The van der Waals surface area contributed by atoms with E-state index in [1.165, 1.54) is 28.2 Å². The van der Waals surface area contributed by atoms with Crippen molar-refractivity contribution in [2.75, 3.05) is 35.8 Å². The number of aromatic nitrogens is 3. The minimum atomic E-state index is -0.147. The average molecular weight is 423 g/mol. The van der Waals surface area contributed by atoms with Crippen molar-refractivity contribution in [1.82, 2.24) is 19.8 Å². The number of rotatable bonds is 9. The van der Waals surface area contributed by atoms with E-state index in [9.17, 15) is 9.59 Å². The van der Waals surface area contributed by atoms with E-state index in [1.807, 2.05) is 45.9 Å². The molecule has 1 heterocycles. The first-order valence-electron chi connectivity index (χ1n) is 8.96. The summed E-state index contributed by atoms with van der Waals surface area (Å²) in [5, 5.41) is 11.8. The van der Waals surface area contributed by atoms with Crippen LogP contribution in [0.4, 0.5) is 5.69 Å². The molecule has 0 aliphatic heterocycles. The molecule has 8 nitrogen and oxygen atoms in total. The molecule has 0 unspecified atom stereocenters. The normalized spacial score (nSPS) is 10.7. The molecule has 0 bridgehead atoms. The number of hydrogen-bond donors (Lipinski definition) is 2. The number of nitrogen functional groups attached to an aromatic ring is 1. The van der Waals surface area contributed by atoms with Gasteiger partial charge in [0.15, 0.2) is 0 Å². The van der Waals surface area contributed by atoms with E-state index < -0.39 is 0 Å². The number of carbonyl (C=O) groups excluding carboxylic acids is 2. The third-order valence-corrected chi connectivity index (χ3v) is 5.93. The van der Waals surface area contributed by atoms with Crippen LogP contribution in [0.25, 0.3) is 0 Å². The molecule has 0 fully saturated rings. The van der Waals surface area contributed by atoms with Crippen LogP contribution < -0.4 is 11.2 Å². The van der Waals surface area contributed by atoms with Crippen LogP contribution in [0.2, 0.25) is 0 Å². The molecule has 0 saturated heterocycles. The van der Waals surface area contributed by atoms with E-state index in [1.54, 1.807) is 4.90 Å². The summed E-state index contributed by atoms with van der Waals surface area (Å²) in [4.78, 5) is 26.0. The van der Waals surface area contributed by atoms with Crippen molar-refractivity contribution in [2.45, 2.75) is 38.0 Å². The van der Waals surface area contributed by atoms with Gasteiger partial charge in [-0.15, -0.1) is 10.2 Å². The summed E-state index contributed by atoms with van der Waals surface area (Å²) in [5.74, 6) is 6.29. The Balaban J connectivity index is 1.88. The zero-order valence-electron chi connectivity index (χ0n) is 16.6. The fourth-order valence-corrected chi connectivity index (χ4v) is 4.00. The highest BCUT2D eigenvalue weighted by Gasteiger charge is 2.16. The highest BCUT2D eigenvalue weighted by atomic mass is 32.2. The molecule has 0 atom stereocenters. The van der Waals surface area contributed by atoms with Gasteiger partial charge in [-0.2, -0.15) is 0 Å². The van der Waals surface area contributed by atoms with E-state index >= 15 is 0 Å². The van der Waals surface area contributed by atoms with E-state index in [-0.39, 0.29) is 23.3 Å². The summed E-state index contributed by atoms with van der Waals surface area (Å²) in [6.45, 7) is 9.18. The van der Waals surface area contributed by atoms with Gasteiger partial charge in [-0.1, -0.05) is 41.2 Å². The van der Waals surface area contributed by atoms with Gasteiger partial charge in [-0.3, -0.25) is 9.59 Å². The molecule has 0 aliphatic rings. The van der Waals surface area contributed by atoms with Crippen LogP contribution in [0.1, 0.15) is 25.0 Å². The van der Waals surface area contributed by atoms with Gasteiger partial charge in [0.05, 0.1) is 11.5 Å². The van der Waals surface area contributed by atoms with Crippen molar-refractivity contribution < 1.29 is 9.59 Å². The van der Waals surface area contributed by atoms with Crippen LogP contribution in [0, 0.1) is 13.8 Å². The molecule has 1 aromatic heterocycles. The lowest BCUT2D eigenvalue weighted by molar-refractivity contribution is -0.128. The zero-order chi connectivity index (χ0) is 20.7. The van der Waals surface area contributed by atoms with Crippen molar-refractivity contribution in [3.05, 3.63) is 29.3 Å². The molecule has 2 rings (SSSR count). The molecular weight excluding hydrogens is 396 g/mol. The lowest BCUT2D eigenvalue weighted by atomic mass is 10.1. The number of thioether (sulfide) groups is 2. The molecule has 0 saturated carbocycles. The van der Waals surface area contributed by atoms with Crippen molar-refractivity contribution >= 4 is 41.0 Å². The van der Waals surface area contributed by atoms with Gasteiger partial charge in [0.2, 0.25) is 22.1 Å². The molecule has 0 aliphatic carbocycles. The second-order valence-electron chi connectivity index (χ2n) is 6.15. The van der Waals surface area contributed by atoms with Gasteiger partial charge >= 0.3 is 0 Å². The number of nitrogens with zero attached hydrogens (tertiary/aromatic N) is 4. The van der Waals surface area contributed by atoms with Gasteiger partial charge < -0.3 is 16.1 Å². The highest BCUT2D eigenvalue weighted by molar-refractivity contribution is 8.00. The van der Waals surface area contributed by atoms with Crippen LogP contribution in [0.3, 0.4) is 0 Å². The maximum Gasteiger partial charge on any atom is 0.234 e. The Morgan fingerprint density at radius 2 is 1.71 bits per heavy atom. The second-order valence-corrected chi connectivity index (χ2v) is 8.03. The third kappa shape index (κ3) is 5.90. The summed E-state index contributed by atoms with van der Waals surface area (Å²) < 4.78 is 1.31. The Kier molecular flexibility index (Phi) is 8.18. The van der Waals surface area contributed by atoms with Gasteiger partial charge in [-0.05, 0) is 39.3 Å². The van der Waals surface area contributed by atoms with E-state index in [0.717, 1.165) is 16.8 Å². The highest BCUT2D eigenvalue weighted by Crippen LogP contribution is 2.22. The van der Waals surface area contributed by atoms with Crippen LogP contribution in [0.5, 0.6) is 0 Å². The fourth-order valence-electron chi connectivity index (χ4n) is 2.52. The lowest BCUT2D eigenvalue weighted by Crippen LogP contribution is -2.32. The predicted octanol–water partition coefficient (Wildman–Crippen LogP) is 2.30. The van der Waals surface area contributed by atoms with Crippen LogP contribution in [0.15, 0.2) is 28.5 Å². The average Bonchev–Trinajstić information content (AvgIpc) is 3.01. The Bertz CT molecular complexity index is 835. The summed E-state index contributed by atoms with van der Waals surface area (Å²) in [6.07, 6.45) is 0. The maximum absolute atomic E-state index is 12.2. The number of benzene rings is 1. The van der Waals surface area contributed by atoms with Crippen molar-refractivity contribution in [3.8, 4) is 0 Å². The first-order valence-corrected chi connectivity index (χ1v) is 10.9. The standard InChI is InChI=1S/C18H26N6O2S2/c1-5-23(6-2)16(26)11-28-18-22-21-17(24(18)19)27-10-15(25)20-14-8-7-12(3)9-13(14)4/h7-9H,5-6,10-11,19H2,1-4H3,(H,20,25). The smallest absolute Gasteiger partial charge is 0.234 e. The summed E-state index contributed by atoms with van der Waals surface area (Å²) in [6, 6.07) is 5.86. The molecule has 0 spiro atoms. The fraction of sp³-hybridized carbons (Fsp3) is 0.444. The molecule has 3 N–H and O–H groups in total. The molecule has 2 amide bonds. The number of nitrogens with one attached hydrogen (secondary N) is 1. The van der Waals surface area contributed by atoms with Gasteiger partial charge in [0.1, 0.15) is 0 Å². The molecule has 10 heteroatoms. The van der Waals surface area contributed by atoms with Gasteiger partial charge in [0, 0.05) is 18.8 Å². The first kappa shape index (κ1) is 22.1. The summed E-state index contributed by atoms with van der Waals surface area (Å²) in [7, 11) is 0. The Hall–Kier alpha value is -2.20. The Labute approximate surface area is 173 Å². The van der Waals surface area contributed by atoms with E-state index in [2.05, 4.69) is 15.5 Å². The number of amides is 2. The topological polar surface area (TPSA) is 106 Å². The Morgan fingerprint density at radius 3 is 2.29 bits per heavy atom. The molecule has 152 valence electrons. The van der Waals surface area contributed by atoms with E-state index in [4.69, 9.17) is 5.84 Å². The predicted molar refractivity (Wildman–Crippen MR) is 114 cm³/mol. The molecule has 28 heavy (non-hydrogen) atoms. The number of aryl methyl sites for hydroxylation is 2.